The topological polar surface area (TPSA) is 53.1 Å². The van der Waals surface area contributed by atoms with Crippen LogP contribution in [0.25, 0.3) is 0 Å². The molecule has 108 valence electrons. The Kier molecular flexibility index (Phi) is 4.83. The van der Waals surface area contributed by atoms with Gasteiger partial charge in [0.2, 0.25) is 0 Å². The molecule has 0 aliphatic rings. The van der Waals surface area contributed by atoms with Crippen LogP contribution in [0.3, 0.4) is 0 Å². The van der Waals surface area contributed by atoms with E-state index in [9.17, 15) is 0 Å². The molecule has 1 aromatic heterocycles. The lowest BCUT2D eigenvalue weighted by atomic mass is 10.1. The smallest absolute Gasteiger partial charge is 0.131 e. The van der Waals surface area contributed by atoms with Gasteiger partial charge in [0.15, 0.2) is 0 Å². The molecule has 0 aliphatic heterocycles. The van der Waals surface area contributed by atoms with E-state index in [-0.39, 0.29) is 6.04 Å². The van der Waals surface area contributed by atoms with Crippen LogP contribution in [0.2, 0.25) is 0 Å². The van der Waals surface area contributed by atoms with Crippen molar-refractivity contribution in [2.75, 3.05) is 0 Å². The Morgan fingerprint density at radius 2 is 2.20 bits per heavy atom. The molecule has 20 heavy (non-hydrogen) atoms. The fourth-order valence-corrected chi connectivity index (χ4v) is 2.75. The van der Waals surface area contributed by atoms with Crippen LogP contribution < -0.4 is 10.5 Å². The molecule has 1 atom stereocenters. The van der Waals surface area contributed by atoms with Crippen LogP contribution in [-0.2, 0) is 20.1 Å². The molecule has 2 rings (SSSR count). The molecule has 0 unspecified atom stereocenters. The van der Waals surface area contributed by atoms with Crippen molar-refractivity contribution in [2.45, 2.75) is 32.9 Å². The van der Waals surface area contributed by atoms with Gasteiger partial charge in [0.05, 0.1) is 15.9 Å². The van der Waals surface area contributed by atoms with Crippen LogP contribution in [0.5, 0.6) is 5.75 Å². The number of aryl methyl sites for hydroxylation is 2. The SMILES string of the molecule is CCc1nn(C)c(COc2cccc([C@@H](C)N)c2)c1Br. The van der Waals surface area contributed by atoms with Gasteiger partial charge in [-0.3, -0.25) is 4.68 Å². The summed E-state index contributed by atoms with van der Waals surface area (Å²) in [4.78, 5) is 0. The van der Waals surface area contributed by atoms with E-state index in [4.69, 9.17) is 10.5 Å². The summed E-state index contributed by atoms with van der Waals surface area (Å²) in [6.45, 7) is 4.53. The van der Waals surface area contributed by atoms with Crippen molar-refractivity contribution in [1.82, 2.24) is 9.78 Å². The van der Waals surface area contributed by atoms with Crippen LogP contribution in [0.15, 0.2) is 28.7 Å². The minimum atomic E-state index is 0.00804. The molecule has 0 aliphatic carbocycles. The molecule has 4 nitrogen and oxygen atoms in total. The van der Waals surface area contributed by atoms with Gasteiger partial charge in [-0.25, -0.2) is 0 Å². The summed E-state index contributed by atoms with van der Waals surface area (Å²) in [7, 11) is 1.93. The molecule has 0 bridgehead atoms. The summed E-state index contributed by atoms with van der Waals surface area (Å²) in [5, 5.41) is 4.46. The van der Waals surface area contributed by atoms with Gasteiger partial charge < -0.3 is 10.5 Å². The predicted octanol–water partition coefficient (Wildman–Crippen LogP) is 3.34. The first-order valence-electron chi connectivity index (χ1n) is 6.71. The third kappa shape index (κ3) is 3.22. The number of halogens is 1. The Morgan fingerprint density at radius 3 is 2.80 bits per heavy atom. The van der Waals surface area contributed by atoms with Crippen molar-refractivity contribution in [3.63, 3.8) is 0 Å². The molecular weight excluding hydrogens is 318 g/mol. The normalized spacial score (nSPS) is 12.4. The highest BCUT2D eigenvalue weighted by Crippen LogP contribution is 2.24. The second-order valence-electron chi connectivity index (χ2n) is 4.83. The van der Waals surface area contributed by atoms with Crippen molar-refractivity contribution in [1.29, 1.82) is 0 Å². The van der Waals surface area contributed by atoms with Crippen LogP contribution in [0, 0.1) is 0 Å². The van der Waals surface area contributed by atoms with Gasteiger partial charge in [-0.15, -0.1) is 0 Å². The lowest BCUT2D eigenvalue weighted by molar-refractivity contribution is 0.293. The molecule has 1 aromatic carbocycles. The Bertz CT molecular complexity index is 593. The van der Waals surface area contributed by atoms with Gasteiger partial charge >= 0.3 is 0 Å². The van der Waals surface area contributed by atoms with Crippen LogP contribution in [0.1, 0.15) is 36.8 Å². The molecule has 0 radical (unpaired) electrons. The summed E-state index contributed by atoms with van der Waals surface area (Å²) in [6, 6.07) is 7.90. The predicted molar refractivity (Wildman–Crippen MR) is 83.7 cm³/mol. The molecule has 0 saturated carbocycles. The molecule has 0 spiro atoms. The van der Waals surface area contributed by atoms with Crippen LogP contribution in [-0.4, -0.2) is 9.78 Å². The van der Waals surface area contributed by atoms with Crippen molar-refractivity contribution in [2.24, 2.45) is 12.8 Å². The average Bonchev–Trinajstić information content (AvgIpc) is 2.71. The molecular formula is C15H20BrN3O. The number of benzene rings is 1. The van der Waals surface area contributed by atoms with Crippen LogP contribution in [0.4, 0.5) is 0 Å². The maximum absolute atomic E-state index is 5.88. The third-order valence-corrected chi connectivity index (χ3v) is 4.18. The van der Waals surface area contributed by atoms with E-state index in [0.29, 0.717) is 6.61 Å². The number of hydrogen-bond acceptors (Lipinski definition) is 3. The fraction of sp³-hybridized carbons (Fsp3) is 0.400. The average molecular weight is 338 g/mol. The molecule has 1 heterocycles. The number of rotatable bonds is 5. The van der Waals surface area contributed by atoms with E-state index in [0.717, 1.165) is 33.6 Å². The van der Waals surface area contributed by atoms with E-state index < -0.39 is 0 Å². The number of ether oxygens (including phenoxy) is 1. The van der Waals surface area contributed by atoms with Gasteiger partial charge in [-0.1, -0.05) is 19.1 Å². The van der Waals surface area contributed by atoms with Gasteiger partial charge in [0, 0.05) is 13.1 Å². The maximum Gasteiger partial charge on any atom is 0.131 e. The van der Waals surface area contributed by atoms with Gasteiger partial charge in [-0.2, -0.15) is 5.10 Å². The van der Waals surface area contributed by atoms with Crippen molar-refractivity contribution in [3.05, 3.63) is 45.7 Å². The van der Waals surface area contributed by atoms with Crippen molar-refractivity contribution < 1.29 is 4.74 Å². The highest BCUT2D eigenvalue weighted by atomic mass is 79.9. The van der Waals surface area contributed by atoms with E-state index in [1.54, 1.807) is 0 Å². The van der Waals surface area contributed by atoms with E-state index >= 15 is 0 Å². The van der Waals surface area contributed by atoms with E-state index in [1.807, 2.05) is 42.9 Å². The fourth-order valence-electron chi connectivity index (χ4n) is 2.02. The van der Waals surface area contributed by atoms with Crippen LogP contribution >= 0.6 is 15.9 Å². The lowest BCUT2D eigenvalue weighted by Gasteiger charge is -2.10. The summed E-state index contributed by atoms with van der Waals surface area (Å²) < 4.78 is 8.75. The molecule has 0 saturated heterocycles. The summed E-state index contributed by atoms with van der Waals surface area (Å²) in [5.41, 5.74) is 9.04. The van der Waals surface area contributed by atoms with Gasteiger partial charge in [-0.05, 0) is 47.0 Å². The highest BCUT2D eigenvalue weighted by molar-refractivity contribution is 9.10. The number of hydrogen-bond donors (Lipinski definition) is 1. The van der Waals surface area contributed by atoms with Crippen molar-refractivity contribution >= 4 is 15.9 Å². The standard InChI is InChI=1S/C15H20BrN3O/c1-4-13-15(16)14(19(3)18-13)9-20-12-7-5-6-11(8-12)10(2)17/h5-8,10H,4,9,17H2,1-3H3/t10-/m1/s1. The third-order valence-electron chi connectivity index (χ3n) is 3.26. The number of nitrogens with two attached hydrogens (primary N) is 1. The molecule has 5 heteroatoms. The molecule has 2 aromatic rings. The zero-order valence-electron chi connectivity index (χ0n) is 12.1. The van der Waals surface area contributed by atoms with E-state index in [2.05, 4.69) is 28.0 Å². The Morgan fingerprint density at radius 1 is 1.45 bits per heavy atom. The maximum atomic E-state index is 5.88. The Hall–Kier alpha value is -1.33. The second-order valence-corrected chi connectivity index (χ2v) is 5.63. The highest BCUT2D eigenvalue weighted by Gasteiger charge is 2.13. The van der Waals surface area contributed by atoms with Gasteiger partial charge in [0.1, 0.15) is 12.4 Å². The summed E-state index contributed by atoms with van der Waals surface area (Å²) >= 11 is 3.59. The zero-order chi connectivity index (χ0) is 14.7. The quantitative estimate of drug-likeness (QED) is 0.910. The molecule has 2 N–H and O–H groups in total. The Balaban J connectivity index is 2.13. The Labute approximate surface area is 128 Å². The summed E-state index contributed by atoms with van der Waals surface area (Å²) in [6.07, 6.45) is 0.897. The number of nitrogens with zero attached hydrogens (tertiary/aromatic N) is 2. The molecule has 0 fully saturated rings. The largest absolute Gasteiger partial charge is 0.487 e. The minimum Gasteiger partial charge on any atom is -0.487 e. The minimum absolute atomic E-state index is 0.00804. The second kappa shape index (κ2) is 6.41. The number of aromatic nitrogens is 2. The van der Waals surface area contributed by atoms with E-state index in [1.165, 1.54) is 0 Å². The summed E-state index contributed by atoms with van der Waals surface area (Å²) in [5.74, 6) is 0.825. The monoisotopic (exact) mass is 337 g/mol. The first-order valence-corrected chi connectivity index (χ1v) is 7.50. The first-order chi connectivity index (χ1) is 9.52. The van der Waals surface area contributed by atoms with Crippen molar-refractivity contribution in [3.8, 4) is 5.75 Å². The molecule has 0 amide bonds. The van der Waals surface area contributed by atoms with Gasteiger partial charge in [0.25, 0.3) is 0 Å². The zero-order valence-corrected chi connectivity index (χ0v) is 13.6. The first kappa shape index (κ1) is 15.1. The lowest BCUT2D eigenvalue weighted by Crippen LogP contribution is -2.06.